The number of hydrogen-bond donors (Lipinski definition) is 1. The summed E-state index contributed by atoms with van der Waals surface area (Å²) >= 11 is 0. The molecule has 144 valence electrons. The number of anilines is 1. The van der Waals surface area contributed by atoms with Gasteiger partial charge in [0.05, 0.1) is 20.6 Å². The van der Waals surface area contributed by atoms with Crippen molar-refractivity contribution in [2.24, 2.45) is 0 Å². The fraction of sp³-hybridized carbons (Fsp3) is 0.409. The van der Waals surface area contributed by atoms with E-state index in [2.05, 4.69) is 36.5 Å². The summed E-state index contributed by atoms with van der Waals surface area (Å²) in [7, 11) is 3.23. The van der Waals surface area contributed by atoms with Crippen molar-refractivity contribution in [2.45, 2.75) is 32.2 Å². The Morgan fingerprint density at radius 3 is 2.30 bits per heavy atom. The normalized spacial score (nSPS) is 14.7. The second-order valence-electron chi connectivity index (χ2n) is 6.99. The zero-order valence-electron chi connectivity index (χ0n) is 16.3. The lowest BCUT2D eigenvalue weighted by atomic mass is 10.0. The third-order valence-electron chi connectivity index (χ3n) is 5.09. The summed E-state index contributed by atoms with van der Waals surface area (Å²) in [5.74, 6) is 1.50. The van der Waals surface area contributed by atoms with Crippen LogP contribution in [0.5, 0.6) is 11.5 Å². The molecule has 3 rings (SSSR count). The summed E-state index contributed by atoms with van der Waals surface area (Å²) in [4.78, 5) is 14.8. The van der Waals surface area contributed by atoms with Crippen molar-refractivity contribution in [3.63, 3.8) is 0 Å². The summed E-state index contributed by atoms with van der Waals surface area (Å²) in [5, 5.41) is 3.59. The summed E-state index contributed by atoms with van der Waals surface area (Å²) in [6.07, 6.45) is 2.19. The van der Waals surface area contributed by atoms with Gasteiger partial charge in [0.2, 0.25) is 5.91 Å². The monoisotopic (exact) mass is 368 g/mol. The van der Waals surface area contributed by atoms with Crippen molar-refractivity contribution in [3.05, 3.63) is 53.6 Å². The van der Waals surface area contributed by atoms with E-state index >= 15 is 0 Å². The van der Waals surface area contributed by atoms with Gasteiger partial charge in [0.15, 0.2) is 0 Å². The Bertz CT molecular complexity index is 761. The van der Waals surface area contributed by atoms with Crippen LogP contribution in [0.1, 0.15) is 24.0 Å². The summed E-state index contributed by atoms with van der Waals surface area (Å²) in [6, 6.07) is 14.4. The first-order valence-corrected chi connectivity index (χ1v) is 9.41. The molecule has 0 radical (unpaired) electrons. The van der Waals surface area contributed by atoms with E-state index in [0.717, 1.165) is 37.2 Å². The number of amides is 1. The lowest BCUT2D eigenvalue weighted by molar-refractivity contribution is -0.131. The summed E-state index contributed by atoms with van der Waals surface area (Å²) < 4.78 is 10.8. The van der Waals surface area contributed by atoms with Crippen molar-refractivity contribution in [1.29, 1.82) is 0 Å². The van der Waals surface area contributed by atoms with Crippen LogP contribution >= 0.6 is 0 Å². The molecule has 5 nitrogen and oxygen atoms in total. The third-order valence-corrected chi connectivity index (χ3v) is 5.09. The molecule has 1 amide bonds. The van der Waals surface area contributed by atoms with Crippen LogP contribution in [0.4, 0.5) is 5.69 Å². The number of hydrogen-bond acceptors (Lipinski definition) is 4. The molecule has 2 aromatic rings. The highest BCUT2D eigenvalue weighted by Gasteiger charge is 2.24. The molecule has 1 aliphatic rings. The molecular formula is C22H28N2O3. The maximum atomic E-state index is 12.8. The Morgan fingerprint density at radius 2 is 1.70 bits per heavy atom. The number of carbonyl (C=O) groups excluding carboxylic acids is 1. The second-order valence-corrected chi connectivity index (χ2v) is 6.99. The molecular weight excluding hydrogens is 340 g/mol. The first kappa shape index (κ1) is 19.1. The Labute approximate surface area is 161 Å². The minimum atomic E-state index is 0.117. The van der Waals surface area contributed by atoms with Gasteiger partial charge >= 0.3 is 0 Å². The van der Waals surface area contributed by atoms with E-state index in [1.807, 2.05) is 23.1 Å². The van der Waals surface area contributed by atoms with Gasteiger partial charge in [-0.25, -0.2) is 0 Å². The van der Waals surface area contributed by atoms with Crippen LogP contribution in [-0.4, -0.2) is 44.2 Å². The highest BCUT2D eigenvalue weighted by atomic mass is 16.5. The zero-order chi connectivity index (χ0) is 19.2. The second kappa shape index (κ2) is 8.80. The van der Waals surface area contributed by atoms with Gasteiger partial charge in [0.25, 0.3) is 0 Å². The maximum Gasteiger partial charge on any atom is 0.227 e. The van der Waals surface area contributed by atoms with Gasteiger partial charge in [-0.1, -0.05) is 18.2 Å². The number of carbonyl (C=O) groups is 1. The van der Waals surface area contributed by atoms with E-state index in [1.54, 1.807) is 14.2 Å². The van der Waals surface area contributed by atoms with Crippen LogP contribution in [0, 0.1) is 6.92 Å². The van der Waals surface area contributed by atoms with Gasteiger partial charge in [-0.15, -0.1) is 0 Å². The molecule has 1 saturated heterocycles. The van der Waals surface area contributed by atoms with Gasteiger partial charge in [0.1, 0.15) is 11.5 Å². The predicted octanol–water partition coefficient (Wildman–Crippen LogP) is 3.66. The van der Waals surface area contributed by atoms with Crippen LogP contribution in [0.15, 0.2) is 42.5 Å². The standard InChI is InChI=1S/C22H28N2O3/c1-16-6-4-7-18(14-16)23-17-10-12-24(13-11-17)22(25)15-19-20(26-2)8-5-9-21(19)27-3/h4-9,14,17,23H,10-13,15H2,1-3H3. The molecule has 0 saturated carbocycles. The maximum absolute atomic E-state index is 12.8. The molecule has 1 heterocycles. The summed E-state index contributed by atoms with van der Waals surface area (Å²) in [5.41, 5.74) is 3.21. The molecule has 2 aromatic carbocycles. The topological polar surface area (TPSA) is 50.8 Å². The molecule has 0 unspecified atom stereocenters. The van der Waals surface area contributed by atoms with Crippen LogP contribution in [-0.2, 0) is 11.2 Å². The zero-order valence-corrected chi connectivity index (χ0v) is 16.3. The number of nitrogens with one attached hydrogen (secondary N) is 1. The first-order valence-electron chi connectivity index (χ1n) is 9.41. The van der Waals surface area contributed by atoms with E-state index in [4.69, 9.17) is 9.47 Å². The lowest BCUT2D eigenvalue weighted by Crippen LogP contribution is -2.43. The molecule has 5 heteroatoms. The van der Waals surface area contributed by atoms with Crippen molar-refractivity contribution >= 4 is 11.6 Å². The molecule has 0 aliphatic carbocycles. The van der Waals surface area contributed by atoms with Crippen molar-refractivity contribution in [3.8, 4) is 11.5 Å². The Morgan fingerprint density at radius 1 is 1.07 bits per heavy atom. The Hall–Kier alpha value is -2.69. The first-order chi connectivity index (χ1) is 13.1. The molecule has 0 atom stereocenters. The van der Waals surface area contributed by atoms with Gasteiger partial charge in [-0.2, -0.15) is 0 Å². The number of benzene rings is 2. The SMILES string of the molecule is COc1cccc(OC)c1CC(=O)N1CCC(Nc2cccc(C)c2)CC1. The molecule has 1 fully saturated rings. The number of piperidine rings is 1. The van der Waals surface area contributed by atoms with Crippen LogP contribution < -0.4 is 14.8 Å². The van der Waals surface area contributed by atoms with E-state index in [1.165, 1.54) is 5.56 Å². The van der Waals surface area contributed by atoms with Gasteiger partial charge in [-0.3, -0.25) is 4.79 Å². The highest BCUT2D eigenvalue weighted by molar-refractivity contribution is 5.80. The largest absolute Gasteiger partial charge is 0.496 e. The van der Waals surface area contributed by atoms with Crippen LogP contribution in [0.3, 0.4) is 0 Å². The molecule has 0 spiro atoms. The quantitative estimate of drug-likeness (QED) is 0.845. The number of aryl methyl sites for hydroxylation is 1. The van der Waals surface area contributed by atoms with Crippen molar-refractivity contribution < 1.29 is 14.3 Å². The third kappa shape index (κ3) is 4.73. The predicted molar refractivity (Wildman–Crippen MR) is 108 cm³/mol. The van der Waals surface area contributed by atoms with E-state index in [-0.39, 0.29) is 5.91 Å². The van der Waals surface area contributed by atoms with Crippen molar-refractivity contribution in [2.75, 3.05) is 32.6 Å². The number of methoxy groups -OCH3 is 2. The molecule has 1 N–H and O–H groups in total. The van der Waals surface area contributed by atoms with Gasteiger partial charge in [-0.05, 0) is 49.6 Å². The number of rotatable bonds is 6. The average molecular weight is 368 g/mol. The minimum absolute atomic E-state index is 0.117. The average Bonchev–Trinajstić information content (AvgIpc) is 2.68. The van der Waals surface area contributed by atoms with E-state index in [0.29, 0.717) is 24.0 Å². The fourth-order valence-corrected chi connectivity index (χ4v) is 3.61. The van der Waals surface area contributed by atoms with Gasteiger partial charge < -0.3 is 19.7 Å². The number of nitrogens with zero attached hydrogens (tertiary/aromatic N) is 1. The minimum Gasteiger partial charge on any atom is -0.496 e. The van der Waals surface area contributed by atoms with Crippen LogP contribution in [0.25, 0.3) is 0 Å². The molecule has 27 heavy (non-hydrogen) atoms. The smallest absolute Gasteiger partial charge is 0.227 e. The Kier molecular flexibility index (Phi) is 6.22. The van der Waals surface area contributed by atoms with E-state index in [9.17, 15) is 4.79 Å². The van der Waals surface area contributed by atoms with Crippen molar-refractivity contribution in [1.82, 2.24) is 4.90 Å². The Balaban J connectivity index is 1.58. The van der Waals surface area contributed by atoms with Gasteiger partial charge in [0, 0.05) is 30.4 Å². The molecule has 1 aliphatic heterocycles. The van der Waals surface area contributed by atoms with Crippen LogP contribution in [0.2, 0.25) is 0 Å². The molecule has 0 aromatic heterocycles. The highest BCUT2D eigenvalue weighted by Crippen LogP contribution is 2.29. The lowest BCUT2D eigenvalue weighted by Gasteiger charge is -2.33. The number of likely N-dealkylation sites (tertiary alicyclic amines) is 1. The molecule has 0 bridgehead atoms. The fourth-order valence-electron chi connectivity index (χ4n) is 3.61. The van der Waals surface area contributed by atoms with E-state index < -0.39 is 0 Å². The summed E-state index contributed by atoms with van der Waals surface area (Å²) in [6.45, 7) is 3.62. The number of ether oxygens (including phenoxy) is 2.